The highest BCUT2D eigenvalue weighted by Crippen LogP contribution is 2.34. The molecule has 2 heterocycles. The first-order valence-corrected chi connectivity index (χ1v) is 15.2. The highest BCUT2D eigenvalue weighted by Gasteiger charge is 2.33. The topological polar surface area (TPSA) is 111 Å². The first-order chi connectivity index (χ1) is 22.9. The number of carbonyl (C=O) groups is 2. The SMILES string of the molecule is COc1ccc(C(C(=O)Nc2ccc(N3CCOCC3)cc2)N(Cc2ccc(F)cc2)C(=O)Cn2nnc3ccccc32)cc1OC. The summed E-state index contributed by atoms with van der Waals surface area (Å²) in [6.07, 6.45) is 0. The molecule has 1 aliphatic heterocycles. The number of benzene rings is 4. The highest BCUT2D eigenvalue weighted by atomic mass is 19.1. The smallest absolute Gasteiger partial charge is 0.251 e. The minimum atomic E-state index is -1.12. The van der Waals surface area contributed by atoms with Gasteiger partial charge in [0.05, 0.1) is 33.0 Å². The third kappa shape index (κ3) is 7.17. The van der Waals surface area contributed by atoms with Crippen molar-refractivity contribution in [2.75, 3.05) is 50.7 Å². The number of morpholine rings is 1. The van der Waals surface area contributed by atoms with E-state index < -0.39 is 23.7 Å². The Kier molecular flexibility index (Phi) is 9.58. The molecule has 0 bridgehead atoms. The van der Waals surface area contributed by atoms with E-state index in [2.05, 4.69) is 20.5 Å². The number of hydrogen-bond acceptors (Lipinski definition) is 8. The number of anilines is 2. The van der Waals surface area contributed by atoms with Gasteiger partial charge in [-0.1, -0.05) is 35.5 Å². The van der Waals surface area contributed by atoms with Crippen molar-refractivity contribution >= 4 is 34.2 Å². The number of para-hydroxylation sites is 1. The van der Waals surface area contributed by atoms with Crippen LogP contribution >= 0.6 is 0 Å². The number of halogens is 1. The Morgan fingerprint density at radius 3 is 2.38 bits per heavy atom. The van der Waals surface area contributed by atoms with Crippen LogP contribution in [0.4, 0.5) is 15.8 Å². The predicted octanol–water partition coefficient (Wildman–Crippen LogP) is 4.83. The van der Waals surface area contributed by atoms with Gasteiger partial charge in [0, 0.05) is 31.0 Å². The van der Waals surface area contributed by atoms with Crippen LogP contribution in [0.15, 0.2) is 91.0 Å². The maximum absolute atomic E-state index is 14.4. The lowest BCUT2D eigenvalue weighted by Gasteiger charge is -2.32. The van der Waals surface area contributed by atoms with E-state index in [9.17, 15) is 14.0 Å². The van der Waals surface area contributed by atoms with E-state index in [1.165, 1.54) is 35.9 Å². The molecule has 1 atom stereocenters. The maximum Gasteiger partial charge on any atom is 0.251 e. The predicted molar refractivity (Wildman–Crippen MR) is 175 cm³/mol. The summed E-state index contributed by atoms with van der Waals surface area (Å²) < 4.78 is 31.9. The largest absolute Gasteiger partial charge is 0.493 e. The number of fused-ring (bicyclic) bond motifs is 1. The second-order valence-corrected chi connectivity index (χ2v) is 11.0. The van der Waals surface area contributed by atoms with Crippen molar-refractivity contribution in [2.24, 2.45) is 0 Å². The lowest BCUT2D eigenvalue weighted by molar-refractivity contribution is -0.140. The normalized spacial score (nSPS) is 13.6. The fourth-order valence-corrected chi connectivity index (χ4v) is 5.65. The summed E-state index contributed by atoms with van der Waals surface area (Å²) in [5.74, 6) is -0.387. The fraction of sp³-hybridized carbons (Fsp3) is 0.257. The summed E-state index contributed by atoms with van der Waals surface area (Å²) in [6.45, 7) is 2.71. The Labute approximate surface area is 271 Å². The first-order valence-electron chi connectivity index (χ1n) is 15.2. The van der Waals surface area contributed by atoms with Gasteiger partial charge in [-0.15, -0.1) is 5.10 Å². The van der Waals surface area contributed by atoms with Crippen LogP contribution in [-0.4, -0.2) is 72.2 Å². The molecular formula is C35H35FN6O5. The summed E-state index contributed by atoms with van der Waals surface area (Å²) in [7, 11) is 3.03. The average Bonchev–Trinajstić information content (AvgIpc) is 3.51. The van der Waals surface area contributed by atoms with E-state index in [1.807, 2.05) is 48.5 Å². The lowest BCUT2D eigenvalue weighted by atomic mass is 10.0. The molecule has 0 spiro atoms. The second kappa shape index (κ2) is 14.3. The van der Waals surface area contributed by atoms with Crippen LogP contribution in [0.2, 0.25) is 0 Å². The van der Waals surface area contributed by atoms with Crippen molar-refractivity contribution < 1.29 is 28.2 Å². The molecule has 242 valence electrons. The van der Waals surface area contributed by atoms with Gasteiger partial charge in [0.1, 0.15) is 23.9 Å². The van der Waals surface area contributed by atoms with Gasteiger partial charge in [0.15, 0.2) is 11.5 Å². The molecule has 4 aromatic carbocycles. The fourth-order valence-electron chi connectivity index (χ4n) is 5.65. The summed E-state index contributed by atoms with van der Waals surface area (Å²) in [6, 6.07) is 24.7. The summed E-state index contributed by atoms with van der Waals surface area (Å²) in [5, 5.41) is 11.4. The zero-order valence-electron chi connectivity index (χ0n) is 26.1. The number of aromatic nitrogens is 3. The number of ether oxygens (including phenoxy) is 3. The van der Waals surface area contributed by atoms with Crippen LogP contribution in [0.5, 0.6) is 11.5 Å². The first kappa shape index (κ1) is 31.5. The summed E-state index contributed by atoms with van der Waals surface area (Å²) in [4.78, 5) is 32.3. The van der Waals surface area contributed by atoms with Crippen LogP contribution in [0, 0.1) is 5.82 Å². The van der Waals surface area contributed by atoms with Crippen molar-refractivity contribution in [1.29, 1.82) is 0 Å². The minimum absolute atomic E-state index is 0.00808. The Morgan fingerprint density at radius 2 is 1.66 bits per heavy atom. The Bertz CT molecular complexity index is 1840. The summed E-state index contributed by atoms with van der Waals surface area (Å²) >= 11 is 0. The van der Waals surface area contributed by atoms with Crippen LogP contribution in [0.3, 0.4) is 0 Å². The zero-order valence-corrected chi connectivity index (χ0v) is 26.1. The van der Waals surface area contributed by atoms with Gasteiger partial charge in [-0.05, 0) is 71.8 Å². The molecule has 0 radical (unpaired) electrons. The molecule has 1 saturated heterocycles. The van der Waals surface area contributed by atoms with Gasteiger partial charge >= 0.3 is 0 Å². The molecule has 11 nitrogen and oxygen atoms in total. The third-order valence-corrected chi connectivity index (χ3v) is 8.09. The van der Waals surface area contributed by atoms with E-state index in [1.54, 1.807) is 30.3 Å². The zero-order chi connectivity index (χ0) is 32.8. The molecular weight excluding hydrogens is 603 g/mol. The average molecular weight is 639 g/mol. The lowest BCUT2D eigenvalue weighted by Crippen LogP contribution is -2.42. The van der Waals surface area contributed by atoms with Gasteiger partial charge < -0.3 is 29.3 Å². The van der Waals surface area contributed by atoms with Crippen molar-refractivity contribution in [3.05, 3.63) is 108 Å². The number of rotatable bonds is 11. The van der Waals surface area contributed by atoms with Crippen LogP contribution in [-0.2, 0) is 27.4 Å². The van der Waals surface area contributed by atoms with E-state index >= 15 is 0 Å². The van der Waals surface area contributed by atoms with Gasteiger partial charge in [0.25, 0.3) is 5.91 Å². The van der Waals surface area contributed by atoms with Crippen LogP contribution < -0.4 is 19.7 Å². The molecule has 12 heteroatoms. The molecule has 1 N–H and O–H groups in total. The molecule has 1 unspecified atom stereocenters. The van der Waals surface area contributed by atoms with Crippen molar-refractivity contribution in [1.82, 2.24) is 19.9 Å². The van der Waals surface area contributed by atoms with Gasteiger partial charge in [-0.25, -0.2) is 9.07 Å². The molecule has 6 rings (SSSR count). The Balaban J connectivity index is 1.37. The number of methoxy groups -OCH3 is 2. The molecule has 2 amide bonds. The van der Waals surface area contributed by atoms with Gasteiger partial charge in [-0.3, -0.25) is 9.59 Å². The number of nitrogens with one attached hydrogen (secondary N) is 1. The van der Waals surface area contributed by atoms with Crippen molar-refractivity contribution in [2.45, 2.75) is 19.1 Å². The van der Waals surface area contributed by atoms with E-state index in [4.69, 9.17) is 14.2 Å². The molecule has 1 fully saturated rings. The number of carbonyl (C=O) groups excluding carboxylic acids is 2. The number of hydrogen-bond donors (Lipinski definition) is 1. The summed E-state index contributed by atoms with van der Waals surface area (Å²) in [5.41, 5.74) is 4.03. The van der Waals surface area contributed by atoms with Crippen LogP contribution in [0.1, 0.15) is 17.2 Å². The van der Waals surface area contributed by atoms with Crippen molar-refractivity contribution in [3.63, 3.8) is 0 Å². The number of nitrogens with zero attached hydrogens (tertiary/aromatic N) is 5. The Hall–Kier alpha value is -5.49. The second-order valence-electron chi connectivity index (χ2n) is 11.0. The number of amides is 2. The van der Waals surface area contributed by atoms with Crippen LogP contribution in [0.25, 0.3) is 11.0 Å². The molecule has 0 saturated carbocycles. The third-order valence-electron chi connectivity index (χ3n) is 8.09. The highest BCUT2D eigenvalue weighted by molar-refractivity contribution is 5.98. The molecule has 1 aromatic heterocycles. The minimum Gasteiger partial charge on any atom is -0.493 e. The van der Waals surface area contributed by atoms with Crippen molar-refractivity contribution in [3.8, 4) is 11.5 Å². The van der Waals surface area contributed by atoms with E-state index in [0.717, 1.165) is 18.8 Å². The standard InChI is InChI=1S/C35H35FN6O5/c1-45-31-16-9-25(21-32(31)46-2)34(35(44)37-27-12-14-28(15-13-27)40-17-19-47-20-18-40)41(22-24-7-10-26(36)11-8-24)33(43)23-42-30-6-4-3-5-29(30)38-39-42/h3-16,21,34H,17-20,22-23H2,1-2H3,(H,37,44). The van der Waals surface area contributed by atoms with Gasteiger partial charge in [0.2, 0.25) is 5.91 Å². The molecule has 5 aromatic rings. The molecule has 1 aliphatic rings. The van der Waals surface area contributed by atoms with Gasteiger partial charge in [-0.2, -0.15) is 0 Å². The van der Waals surface area contributed by atoms with E-state index in [0.29, 0.717) is 52.6 Å². The maximum atomic E-state index is 14.4. The molecule has 0 aliphatic carbocycles. The molecule has 47 heavy (non-hydrogen) atoms. The Morgan fingerprint density at radius 1 is 0.936 bits per heavy atom. The van der Waals surface area contributed by atoms with E-state index in [-0.39, 0.29) is 13.1 Å². The monoisotopic (exact) mass is 638 g/mol. The quantitative estimate of drug-likeness (QED) is 0.219.